The van der Waals surface area contributed by atoms with Gasteiger partial charge >= 0.3 is 0 Å². The minimum absolute atomic E-state index is 0.0564. The number of nitrogens with zero attached hydrogens (tertiary/aromatic N) is 3. The molecule has 182 valence electrons. The van der Waals surface area contributed by atoms with E-state index >= 15 is 0 Å². The summed E-state index contributed by atoms with van der Waals surface area (Å²) in [4.78, 5) is 29.3. The third-order valence-corrected chi connectivity index (χ3v) is 7.88. The van der Waals surface area contributed by atoms with Crippen LogP contribution in [0.1, 0.15) is 28.8 Å². The molecule has 2 amide bonds. The highest BCUT2D eigenvalue weighted by atomic mass is 32.2. The van der Waals surface area contributed by atoms with E-state index in [1.165, 1.54) is 26.2 Å². The Morgan fingerprint density at radius 3 is 2.53 bits per heavy atom. The molecule has 34 heavy (non-hydrogen) atoms. The number of nitrogens with one attached hydrogen (secondary N) is 1. The summed E-state index contributed by atoms with van der Waals surface area (Å²) in [6.45, 7) is 3.54. The van der Waals surface area contributed by atoms with E-state index in [1.807, 2.05) is 28.0 Å². The Balaban J connectivity index is 1.62. The molecule has 2 aliphatic rings. The fraction of sp³-hybridized carbons (Fsp3) is 0.417. The third-order valence-electron chi connectivity index (χ3n) is 6.07. The molecule has 2 aromatic rings. The highest BCUT2D eigenvalue weighted by molar-refractivity contribution is 7.89. The van der Waals surface area contributed by atoms with Crippen LogP contribution in [0.2, 0.25) is 0 Å². The van der Waals surface area contributed by atoms with Crippen LogP contribution in [-0.2, 0) is 26.1 Å². The van der Waals surface area contributed by atoms with Crippen LogP contribution in [0.5, 0.6) is 0 Å². The van der Waals surface area contributed by atoms with Crippen molar-refractivity contribution in [1.82, 2.24) is 9.21 Å². The van der Waals surface area contributed by atoms with Crippen molar-refractivity contribution < 1.29 is 22.7 Å². The molecule has 2 fully saturated rings. The van der Waals surface area contributed by atoms with Gasteiger partial charge in [0.25, 0.3) is 5.91 Å². The van der Waals surface area contributed by atoms with Crippen molar-refractivity contribution in [3.8, 4) is 0 Å². The van der Waals surface area contributed by atoms with Gasteiger partial charge in [0.1, 0.15) is 0 Å². The van der Waals surface area contributed by atoms with Gasteiger partial charge in [0.15, 0.2) is 0 Å². The van der Waals surface area contributed by atoms with E-state index in [4.69, 9.17) is 4.74 Å². The molecular weight excluding hydrogens is 456 g/mol. The zero-order chi connectivity index (χ0) is 24.3. The van der Waals surface area contributed by atoms with Gasteiger partial charge in [0, 0.05) is 58.1 Å². The van der Waals surface area contributed by atoms with Crippen molar-refractivity contribution in [2.75, 3.05) is 57.2 Å². The molecule has 0 unspecified atom stereocenters. The first-order valence-corrected chi connectivity index (χ1v) is 12.8. The van der Waals surface area contributed by atoms with Crippen molar-refractivity contribution in [3.05, 3.63) is 53.6 Å². The van der Waals surface area contributed by atoms with Gasteiger partial charge < -0.3 is 19.9 Å². The molecule has 10 heteroatoms. The summed E-state index contributed by atoms with van der Waals surface area (Å²) in [6, 6.07) is 12.0. The first-order valence-electron chi connectivity index (χ1n) is 11.3. The minimum atomic E-state index is -3.71. The summed E-state index contributed by atoms with van der Waals surface area (Å²) in [5.41, 5.74) is 2.45. The van der Waals surface area contributed by atoms with Crippen LogP contribution in [0, 0.1) is 0 Å². The monoisotopic (exact) mass is 486 g/mol. The van der Waals surface area contributed by atoms with Gasteiger partial charge in [-0.2, -0.15) is 0 Å². The number of carbonyl (C=O) groups excluding carboxylic acids is 2. The Kier molecular flexibility index (Phi) is 7.20. The number of morpholine rings is 1. The molecule has 0 atom stereocenters. The summed E-state index contributed by atoms with van der Waals surface area (Å²) in [5, 5.41) is 2.91. The predicted octanol–water partition coefficient (Wildman–Crippen LogP) is 2.15. The Hall–Kier alpha value is -2.95. The lowest BCUT2D eigenvalue weighted by Crippen LogP contribution is -2.37. The maximum atomic E-state index is 13.4. The number of benzene rings is 2. The summed E-state index contributed by atoms with van der Waals surface area (Å²) >= 11 is 0. The molecule has 2 heterocycles. The van der Waals surface area contributed by atoms with Gasteiger partial charge in [-0.3, -0.25) is 9.59 Å². The average Bonchev–Trinajstić information content (AvgIpc) is 3.23. The largest absolute Gasteiger partial charge is 0.378 e. The van der Waals surface area contributed by atoms with Crippen molar-refractivity contribution in [3.63, 3.8) is 0 Å². The maximum Gasteiger partial charge on any atom is 0.257 e. The first kappa shape index (κ1) is 24.2. The van der Waals surface area contributed by atoms with Gasteiger partial charge in [0.2, 0.25) is 15.9 Å². The topological polar surface area (TPSA) is 99.3 Å². The lowest BCUT2D eigenvalue weighted by atomic mass is 10.1. The number of carbonyl (C=O) groups is 2. The second-order valence-corrected chi connectivity index (χ2v) is 10.8. The first-order chi connectivity index (χ1) is 16.3. The Morgan fingerprint density at radius 1 is 1.09 bits per heavy atom. The average molecular weight is 487 g/mol. The predicted molar refractivity (Wildman–Crippen MR) is 129 cm³/mol. The third kappa shape index (κ3) is 5.24. The normalized spacial score (nSPS) is 16.9. The molecule has 0 aliphatic carbocycles. The van der Waals surface area contributed by atoms with Gasteiger partial charge in [0.05, 0.1) is 23.7 Å². The second kappa shape index (κ2) is 10.1. The second-order valence-electron chi connectivity index (χ2n) is 8.64. The standard InChI is InChI=1S/C24H30N4O5S/c1-26(2)34(31,32)20-8-9-22(27-11-13-33-14-12-27)21(16-20)24(30)25-19-6-3-5-18(15-19)17-28-10-4-7-23(28)29/h3,5-6,8-9,15-16H,4,7,10-14,17H2,1-2H3,(H,25,30). The van der Waals surface area contributed by atoms with Crippen LogP contribution in [0.15, 0.2) is 47.4 Å². The maximum absolute atomic E-state index is 13.4. The molecule has 2 aliphatic heterocycles. The van der Waals surface area contributed by atoms with Crippen LogP contribution in [0.4, 0.5) is 11.4 Å². The van der Waals surface area contributed by atoms with Crippen molar-refractivity contribution in [2.45, 2.75) is 24.3 Å². The molecular formula is C24H30N4O5S. The van der Waals surface area contributed by atoms with Gasteiger partial charge in [-0.25, -0.2) is 12.7 Å². The zero-order valence-corrected chi connectivity index (χ0v) is 20.3. The SMILES string of the molecule is CN(C)S(=O)(=O)c1ccc(N2CCOCC2)c(C(=O)Nc2cccc(CN3CCCC3=O)c2)c1. The van der Waals surface area contributed by atoms with Crippen molar-refractivity contribution >= 4 is 33.2 Å². The van der Waals surface area contributed by atoms with Crippen LogP contribution in [0.3, 0.4) is 0 Å². The number of anilines is 2. The van der Waals surface area contributed by atoms with Gasteiger partial charge in [-0.15, -0.1) is 0 Å². The summed E-state index contributed by atoms with van der Waals surface area (Å²) in [5.74, 6) is -0.254. The van der Waals surface area contributed by atoms with E-state index < -0.39 is 15.9 Å². The summed E-state index contributed by atoms with van der Waals surface area (Å²) < 4.78 is 32.0. The molecule has 0 saturated carbocycles. The molecule has 1 N–H and O–H groups in total. The summed E-state index contributed by atoms with van der Waals surface area (Å²) in [7, 11) is -0.786. The van der Waals surface area contributed by atoms with E-state index in [1.54, 1.807) is 12.1 Å². The minimum Gasteiger partial charge on any atom is -0.378 e. The van der Waals surface area contributed by atoms with Crippen LogP contribution in [0.25, 0.3) is 0 Å². The van der Waals surface area contributed by atoms with Gasteiger partial charge in [-0.05, 0) is 42.3 Å². The quantitative estimate of drug-likeness (QED) is 0.644. The highest BCUT2D eigenvalue weighted by Gasteiger charge is 2.25. The number of sulfonamides is 1. The molecule has 0 bridgehead atoms. The van der Waals surface area contributed by atoms with Crippen LogP contribution >= 0.6 is 0 Å². The lowest BCUT2D eigenvalue weighted by Gasteiger charge is -2.30. The number of rotatable bonds is 7. The van der Waals surface area contributed by atoms with Crippen LogP contribution in [-0.4, -0.2) is 76.4 Å². The van der Waals surface area contributed by atoms with Gasteiger partial charge in [-0.1, -0.05) is 12.1 Å². The summed E-state index contributed by atoms with van der Waals surface area (Å²) in [6.07, 6.45) is 1.44. The Labute approximate surface area is 200 Å². The number of hydrogen-bond donors (Lipinski definition) is 1. The zero-order valence-electron chi connectivity index (χ0n) is 19.5. The fourth-order valence-electron chi connectivity index (χ4n) is 4.19. The van der Waals surface area contributed by atoms with Crippen molar-refractivity contribution in [2.24, 2.45) is 0 Å². The number of ether oxygens (including phenoxy) is 1. The molecule has 0 aromatic heterocycles. The molecule has 2 saturated heterocycles. The molecule has 4 rings (SSSR count). The molecule has 2 aromatic carbocycles. The molecule has 9 nitrogen and oxygen atoms in total. The van der Waals surface area contributed by atoms with Crippen molar-refractivity contribution in [1.29, 1.82) is 0 Å². The molecule has 0 radical (unpaired) electrons. The number of likely N-dealkylation sites (tertiary alicyclic amines) is 1. The van der Waals surface area contributed by atoms with Crippen LogP contribution < -0.4 is 10.2 Å². The molecule has 0 spiro atoms. The fourth-order valence-corrected chi connectivity index (χ4v) is 5.11. The van der Waals surface area contributed by atoms with E-state index in [2.05, 4.69) is 5.32 Å². The van der Waals surface area contributed by atoms with E-state index in [9.17, 15) is 18.0 Å². The smallest absolute Gasteiger partial charge is 0.257 e. The van der Waals surface area contributed by atoms with E-state index in [-0.39, 0.29) is 16.4 Å². The highest BCUT2D eigenvalue weighted by Crippen LogP contribution is 2.27. The lowest BCUT2D eigenvalue weighted by molar-refractivity contribution is -0.128. The van der Waals surface area contributed by atoms with E-state index in [0.29, 0.717) is 50.6 Å². The number of hydrogen-bond acceptors (Lipinski definition) is 6. The van der Waals surface area contributed by atoms with E-state index in [0.717, 1.165) is 22.8 Å². The number of amides is 2. The Morgan fingerprint density at radius 2 is 1.85 bits per heavy atom. The Bertz CT molecular complexity index is 1180.